The molecule has 19 heavy (non-hydrogen) atoms. The number of ketones is 2. The van der Waals surface area contributed by atoms with Gasteiger partial charge in [0.25, 0.3) is 11.6 Å². The second-order valence-corrected chi connectivity index (χ2v) is 3.78. The molecule has 1 aromatic heterocycles. The van der Waals surface area contributed by atoms with E-state index in [1.807, 2.05) is 0 Å². The Morgan fingerprint density at radius 3 is 2.37 bits per heavy atom. The average Bonchev–Trinajstić information content (AvgIpc) is 2.80. The molecule has 1 heterocycles. The Morgan fingerprint density at radius 1 is 1.21 bits per heavy atom. The molecule has 0 unspecified atom stereocenters. The Bertz CT molecular complexity index is 661. The summed E-state index contributed by atoms with van der Waals surface area (Å²) in [5.74, 6) is -2.21. The second kappa shape index (κ2) is 4.81. The predicted molar refractivity (Wildman–Crippen MR) is 65.0 cm³/mol. The van der Waals surface area contributed by atoms with Crippen LogP contribution in [-0.4, -0.2) is 26.0 Å². The molecule has 0 amide bonds. The number of nitrogens with zero attached hydrogens (tertiary/aromatic N) is 3. The van der Waals surface area contributed by atoms with Gasteiger partial charge >= 0.3 is 5.82 Å². The summed E-state index contributed by atoms with van der Waals surface area (Å²) in [6, 6.07) is 7.96. The summed E-state index contributed by atoms with van der Waals surface area (Å²) in [7, 11) is 1.32. The molecule has 2 aromatic rings. The van der Waals surface area contributed by atoms with Gasteiger partial charge in [-0.15, -0.1) is 0 Å². The van der Waals surface area contributed by atoms with Gasteiger partial charge in [0.05, 0.1) is 7.05 Å². The fourth-order valence-corrected chi connectivity index (χ4v) is 1.60. The van der Waals surface area contributed by atoms with Crippen LogP contribution in [0.2, 0.25) is 0 Å². The van der Waals surface area contributed by atoms with Crippen LogP contribution in [0.5, 0.6) is 0 Å². The molecule has 0 fully saturated rings. The first kappa shape index (κ1) is 12.6. The van der Waals surface area contributed by atoms with Crippen LogP contribution < -0.4 is 0 Å². The van der Waals surface area contributed by atoms with Gasteiger partial charge in [-0.2, -0.15) is 0 Å². The molecule has 0 N–H and O–H groups in total. The van der Waals surface area contributed by atoms with E-state index in [0.717, 1.165) is 10.8 Å². The lowest BCUT2D eigenvalue weighted by Gasteiger charge is -1.98. The minimum Gasteiger partial charge on any atom is -0.358 e. The van der Waals surface area contributed by atoms with Crippen LogP contribution >= 0.6 is 0 Å². The zero-order chi connectivity index (χ0) is 14.0. The molecule has 0 saturated heterocycles. The number of rotatable bonds is 4. The van der Waals surface area contributed by atoms with E-state index in [1.54, 1.807) is 18.2 Å². The molecular formula is C12H9N3O4. The highest BCUT2D eigenvalue weighted by molar-refractivity contribution is 6.48. The number of carbonyl (C=O) groups excluding carboxylic acids is 2. The number of imidazole rings is 1. The van der Waals surface area contributed by atoms with Crippen molar-refractivity contribution in [1.82, 2.24) is 9.55 Å². The fraction of sp³-hybridized carbons (Fsp3) is 0.0833. The fourth-order valence-electron chi connectivity index (χ4n) is 1.60. The summed E-state index contributed by atoms with van der Waals surface area (Å²) in [4.78, 5) is 37.5. The van der Waals surface area contributed by atoms with Crippen molar-refractivity contribution in [3.05, 3.63) is 58.0 Å². The quantitative estimate of drug-likeness (QED) is 0.358. The van der Waals surface area contributed by atoms with Gasteiger partial charge in [0.1, 0.15) is 6.20 Å². The SMILES string of the molecule is Cn1c([N+](=O)[O-])cnc1C(=O)C(=O)c1ccccc1. The second-order valence-electron chi connectivity index (χ2n) is 3.78. The maximum Gasteiger partial charge on any atom is 0.343 e. The normalized spacial score (nSPS) is 10.2. The highest BCUT2D eigenvalue weighted by Crippen LogP contribution is 2.14. The lowest BCUT2D eigenvalue weighted by Crippen LogP contribution is -2.19. The molecule has 0 radical (unpaired) electrons. The van der Waals surface area contributed by atoms with Crippen molar-refractivity contribution >= 4 is 17.4 Å². The van der Waals surface area contributed by atoms with Crippen LogP contribution in [0.25, 0.3) is 0 Å². The Labute approximate surface area is 107 Å². The average molecular weight is 259 g/mol. The van der Waals surface area contributed by atoms with Gasteiger partial charge in [-0.3, -0.25) is 9.59 Å². The van der Waals surface area contributed by atoms with Gasteiger partial charge < -0.3 is 10.1 Å². The molecule has 0 atom stereocenters. The molecule has 0 aliphatic heterocycles. The molecule has 7 heteroatoms. The third-order valence-corrected chi connectivity index (χ3v) is 2.60. The minimum absolute atomic E-state index is 0.221. The first-order valence-electron chi connectivity index (χ1n) is 5.32. The highest BCUT2D eigenvalue weighted by Gasteiger charge is 2.28. The molecule has 1 aromatic carbocycles. The molecular weight excluding hydrogens is 250 g/mol. The summed E-state index contributed by atoms with van der Waals surface area (Å²) in [6.07, 6.45) is 0.950. The highest BCUT2D eigenvalue weighted by atomic mass is 16.6. The number of hydrogen-bond acceptors (Lipinski definition) is 5. The van der Waals surface area contributed by atoms with Crippen LogP contribution in [0.4, 0.5) is 5.82 Å². The lowest BCUT2D eigenvalue weighted by molar-refractivity contribution is -0.391. The number of nitro groups is 1. The number of benzene rings is 1. The first-order chi connectivity index (χ1) is 9.02. The smallest absolute Gasteiger partial charge is 0.343 e. The maximum absolute atomic E-state index is 11.9. The third-order valence-electron chi connectivity index (χ3n) is 2.60. The zero-order valence-corrected chi connectivity index (χ0v) is 9.94. The summed E-state index contributed by atoms with van der Waals surface area (Å²) < 4.78 is 0.989. The maximum atomic E-state index is 11.9. The van der Waals surface area contributed by atoms with Crippen molar-refractivity contribution in [2.75, 3.05) is 0 Å². The van der Waals surface area contributed by atoms with Gasteiger partial charge in [0.15, 0.2) is 0 Å². The van der Waals surface area contributed by atoms with E-state index in [0.29, 0.717) is 0 Å². The van der Waals surface area contributed by atoms with Gasteiger partial charge in [-0.05, 0) is 4.92 Å². The predicted octanol–water partition coefficient (Wildman–Crippen LogP) is 1.39. The topological polar surface area (TPSA) is 95.1 Å². The van der Waals surface area contributed by atoms with E-state index < -0.39 is 16.5 Å². The third kappa shape index (κ3) is 2.25. The van der Waals surface area contributed by atoms with Gasteiger partial charge in [0.2, 0.25) is 5.78 Å². The monoisotopic (exact) mass is 259 g/mol. The molecule has 96 valence electrons. The summed E-state index contributed by atoms with van der Waals surface area (Å²) in [5.41, 5.74) is 0.221. The van der Waals surface area contributed by atoms with Gasteiger partial charge in [-0.25, -0.2) is 9.55 Å². The molecule has 0 spiro atoms. The number of aromatic nitrogens is 2. The Balaban J connectivity index is 2.36. The zero-order valence-electron chi connectivity index (χ0n) is 9.94. The van der Waals surface area contributed by atoms with E-state index >= 15 is 0 Å². The molecule has 2 rings (SSSR count). The van der Waals surface area contributed by atoms with Crippen LogP contribution in [0, 0.1) is 10.1 Å². The molecule has 7 nitrogen and oxygen atoms in total. The molecule has 0 aliphatic carbocycles. The molecule has 0 aliphatic rings. The lowest BCUT2D eigenvalue weighted by atomic mass is 10.1. The van der Waals surface area contributed by atoms with Crippen molar-refractivity contribution < 1.29 is 14.5 Å². The van der Waals surface area contributed by atoms with Crippen LogP contribution in [-0.2, 0) is 7.05 Å². The van der Waals surface area contributed by atoms with Crippen LogP contribution in [0.15, 0.2) is 36.5 Å². The van der Waals surface area contributed by atoms with Crippen molar-refractivity contribution in [1.29, 1.82) is 0 Å². The van der Waals surface area contributed by atoms with E-state index in [1.165, 1.54) is 19.2 Å². The molecule has 0 saturated carbocycles. The largest absolute Gasteiger partial charge is 0.358 e. The minimum atomic E-state index is -0.873. The van der Waals surface area contributed by atoms with Crippen LogP contribution in [0.1, 0.15) is 21.0 Å². The van der Waals surface area contributed by atoms with Crippen molar-refractivity contribution in [2.24, 2.45) is 7.05 Å². The Morgan fingerprint density at radius 2 is 1.84 bits per heavy atom. The van der Waals surface area contributed by atoms with E-state index in [-0.39, 0.29) is 17.2 Å². The standard InChI is InChI=1S/C12H9N3O4/c1-14-9(15(18)19)7-13-12(14)11(17)10(16)8-5-3-2-4-6-8/h2-7H,1H3. The van der Waals surface area contributed by atoms with Gasteiger partial charge in [-0.1, -0.05) is 30.3 Å². The molecule has 0 bridgehead atoms. The Hall–Kier alpha value is -2.83. The number of Topliss-reactive ketones (excluding diaryl/α,β-unsaturated/α-hetero) is 2. The summed E-state index contributed by atoms with van der Waals surface area (Å²) in [5, 5.41) is 10.6. The van der Waals surface area contributed by atoms with Gasteiger partial charge in [0, 0.05) is 5.56 Å². The van der Waals surface area contributed by atoms with Crippen molar-refractivity contribution in [2.45, 2.75) is 0 Å². The summed E-state index contributed by atoms with van der Waals surface area (Å²) in [6.45, 7) is 0. The number of hydrogen-bond donors (Lipinski definition) is 0. The van der Waals surface area contributed by atoms with Crippen LogP contribution in [0.3, 0.4) is 0 Å². The Kier molecular flexibility index (Phi) is 3.19. The first-order valence-corrected chi connectivity index (χ1v) is 5.32. The number of carbonyl (C=O) groups is 2. The van der Waals surface area contributed by atoms with E-state index in [2.05, 4.69) is 4.98 Å². The van der Waals surface area contributed by atoms with Crippen molar-refractivity contribution in [3.63, 3.8) is 0 Å². The van der Waals surface area contributed by atoms with E-state index in [4.69, 9.17) is 0 Å². The van der Waals surface area contributed by atoms with Crippen molar-refractivity contribution in [3.8, 4) is 0 Å². The van der Waals surface area contributed by atoms with E-state index in [9.17, 15) is 19.7 Å². The summed E-state index contributed by atoms with van der Waals surface area (Å²) >= 11 is 0.